The van der Waals surface area contributed by atoms with Crippen LogP contribution in [0.5, 0.6) is 0 Å². The lowest BCUT2D eigenvalue weighted by atomic mass is 10.3. The van der Waals surface area contributed by atoms with Gasteiger partial charge in [-0.05, 0) is 31.4 Å². The van der Waals surface area contributed by atoms with E-state index in [0.29, 0.717) is 23.7 Å². The Hall–Kier alpha value is -1.34. The molecule has 1 saturated heterocycles. The van der Waals surface area contributed by atoms with Crippen molar-refractivity contribution in [2.45, 2.75) is 25.9 Å². The van der Waals surface area contributed by atoms with Crippen LogP contribution in [0.25, 0.3) is 0 Å². The largest absolute Gasteiger partial charge is 0.397 e. The average molecular weight is 271 g/mol. The molecule has 0 bridgehead atoms. The summed E-state index contributed by atoms with van der Waals surface area (Å²) in [5, 5.41) is 0. The van der Waals surface area contributed by atoms with Crippen LogP contribution in [0.2, 0.25) is 0 Å². The third kappa shape index (κ3) is 3.33. The van der Waals surface area contributed by atoms with Crippen LogP contribution < -0.4 is 10.5 Å². The van der Waals surface area contributed by atoms with E-state index in [0.717, 1.165) is 12.8 Å². The van der Waals surface area contributed by atoms with E-state index in [-0.39, 0.29) is 11.9 Å². The van der Waals surface area contributed by atoms with Gasteiger partial charge in [-0.3, -0.25) is 4.72 Å². The summed E-state index contributed by atoms with van der Waals surface area (Å²) in [4.78, 5) is 3.98. The third-order valence-corrected chi connectivity index (χ3v) is 4.10. The molecule has 2 heterocycles. The Balaban J connectivity index is 2.07. The van der Waals surface area contributed by atoms with Gasteiger partial charge in [-0.2, -0.15) is 0 Å². The molecule has 0 spiro atoms. The average Bonchev–Trinajstić information content (AvgIpc) is 2.74. The molecule has 1 aliphatic heterocycles. The number of pyridine rings is 1. The molecule has 1 aromatic heterocycles. The van der Waals surface area contributed by atoms with Crippen LogP contribution in [0.15, 0.2) is 12.3 Å². The second-order valence-electron chi connectivity index (χ2n) is 4.45. The highest BCUT2D eigenvalue weighted by Crippen LogP contribution is 2.18. The number of anilines is 2. The van der Waals surface area contributed by atoms with Gasteiger partial charge >= 0.3 is 0 Å². The first kappa shape index (κ1) is 13.1. The summed E-state index contributed by atoms with van der Waals surface area (Å²) in [7, 11) is -3.43. The van der Waals surface area contributed by atoms with Gasteiger partial charge in [0, 0.05) is 6.61 Å². The Labute approximate surface area is 107 Å². The minimum atomic E-state index is -3.43. The van der Waals surface area contributed by atoms with Crippen LogP contribution in [-0.4, -0.2) is 31.9 Å². The van der Waals surface area contributed by atoms with E-state index in [4.69, 9.17) is 10.5 Å². The molecule has 3 N–H and O–H groups in total. The Morgan fingerprint density at radius 2 is 2.39 bits per heavy atom. The SMILES string of the molecule is Cc1cc(N)cnc1NS(=O)(=O)CC1CCCO1. The number of nitrogens with one attached hydrogen (secondary N) is 1. The Morgan fingerprint density at radius 3 is 3.00 bits per heavy atom. The molecule has 0 aromatic carbocycles. The van der Waals surface area contributed by atoms with Crippen molar-refractivity contribution in [2.24, 2.45) is 0 Å². The van der Waals surface area contributed by atoms with Gasteiger partial charge in [-0.1, -0.05) is 0 Å². The molecule has 1 atom stereocenters. The highest BCUT2D eigenvalue weighted by atomic mass is 32.2. The summed E-state index contributed by atoms with van der Waals surface area (Å²) < 4.78 is 31.6. The molecular weight excluding hydrogens is 254 g/mol. The zero-order chi connectivity index (χ0) is 13.2. The molecular formula is C11H17N3O3S. The fourth-order valence-corrected chi connectivity index (χ4v) is 3.26. The summed E-state index contributed by atoms with van der Waals surface area (Å²) in [6.07, 6.45) is 2.92. The number of aromatic nitrogens is 1. The van der Waals surface area contributed by atoms with Gasteiger partial charge in [0.25, 0.3) is 0 Å². The van der Waals surface area contributed by atoms with Crippen molar-refractivity contribution in [1.29, 1.82) is 0 Å². The fraction of sp³-hybridized carbons (Fsp3) is 0.545. The number of nitrogens with two attached hydrogens (primary N) is 1. The van der Waals surface area contributed by atoms with Crippen molar-refractivity contribution in [2.75, 3.05) is 22.8 Å². The van der Waals surface area contributed by atoms with E-state index in [1.54, 1.807) is 13.0 Å². The van der Waals surface area contributed by atoms with Gasteiger partial charge in [0.2, 0.25) is 10.0 Å². The first-order valence-corrected chi connectivity index (χ1v) is 7.46. The Kier molecular flexibility index (Phi) is 3.72. The van der Waals surface area contributed by atoms with Gasteiger partial charge in [0.1, 0.15) is 5.82 Å². The standard InChI is InChI=1S/C11H17N3O3S/c1-8-5-9(12)6-13-11(8)14-18(15,16)7-10-3-2-4-17-10/h5-6,10H,2-4,7,12H2,1H3,(H,13,14). The van der Waals surface area contributed by atoms with Gasteiger partial charge in [-0.25, -0.2) is 13.4 Å². The normalized spacial score (nSPS) is 19.9. The van der Waals surface area contributed by atoms with E-state index in [2.05, 4.69) is 9.71 Å². The molecule has 1 aliphatic rings. The molecule has 7 heteroatoms. The summed E-state index contributed by atoms with van der Waals surface area (Å²) in [6.45, 7) is 2.40. The predicted molar refractivity (Wildman–Crippen MR) is 69.8 cm³/mol. The maximum Gasteiger partial charge on any atom is 0.236 e. The highest BCUT2D eigenvalue weighted by molar-refractivity contribution is 7.92. The molecule has 0 radical (unpaired) electrons. The first-order valence-electron chi connectivity index (χ1n) is 5.80. The molecule has 6 nitrogen and oxygen atoms in total. The Morgan fingerprint density at radius 1 is 1.61 bits per heavy atom. The zero-order valence-electron chi connectivity index (χ0n) is 10.2. The second kappa shape index (κ2) is 5.11. The molecule has 0 saturated carbocycles. The predicted octanol–water partition coefficient (Wildman–Crippen LogP) is 0.893. The van der Waals surface area contributed by atoms with Crippen LogP contribution in [0.1, 0.15) is 18.4 Å². The van der Waals surface area contributed by atoms with Gasteiger partial charge in [0.15, 0.2) is 0 Å². The third-order valence-electron chi connectivity index (χ3n) is 2.78. The van der Waals surface area contributed by atoms with Crippen LogP contribution in [0.4, 0.5) is 11.5 Å². The maximum absolute atomic E-state index is 11.9. The lowest BCUT2D eigenvalue weighted by molar-refractivity contribution is 0.127. The van der Waals surface area contributed by atoms with Crippen molar-refractivity contribution in [3.05, 3.63) is 17.8 Å². The van der Waals surface area contributed by atoms with Crippen molar-refractivity contribution in [1.82, 2.24) is 4.98 Å². The topological polar surface area (TPSA) is 94.3 Å². The fourth-order valence-electron chi connectivity index (χ4n) is 1.91. The summed E-state index contributed by atoms with van der Waals surface area (Å²) in [5.41, 5.74) is 6.77. The number of hydrogen-bond acceptors (Lipinski definition) is 5. The number of sulfonamides is 1. The lowest BCUT2D eigenvalue weighted by Gasteiger charge is -2.13. The number of nitrogens with zero attached hydrogens (tertiary/aromatic N) is 1. The van der Waals surface area contributed by atoms with E-state index in [9.17, 15) is 8.42 Å². The minimum Gasteiger partial charge on any atom is -0.397 e. The van der Waals surface area contributed by atoms with Crippen molar-refractivity contribution in [3.63, 3.8) is 0 Å². The number of aryl methyl sites for hydroxylation is 1. The van der Waals surface area contributed by atoms with E-state index in [1.807, 2.05) is 0 Å². The van der Waals surface area contributed by atoms with E-state index >= 15 is 0 Å². The van der Waals surface area contributed by atoms with Gasteiger partial charge in [-0.15, -0.1) is 0 Å². The molecule has 0 amide bonds. The number of rotatable bonds is 4. The molecule has 18 heavy (non-hydrogen) atoms. The molecule has 1 unspecified atom stereocenters. The first-order chi connectivity index (χ1) is 8.46. The zero-order valence-corrected chi connectivity index (χ0v) is 11.0. The molecule has 1 aromatic rings. The Bertz CT molecular complexity index is 524. The maximum atomic E-state index is 11.9. The highest BCUT2D eigenvalue weighted by Gasteiger charge is 2.23. The van der Waals surface area contributed by atoms with Gasteiger partial charge < -0.3 is 10.5 Å². The van der Waals surface area contributed by atoms with Crippen LogP contribution >= 0.6 is 0 Å². The van der Waals surface area contributed by atoms with Crippen molar-refractivity contribution < 1.29 is 13.2 Å². The summed E-state index contributed by atoms with van der Waals surface area (Å²) in [6, 6.07) is 1.68. The lowest BCUT2D eigenvalue weighted by Crippen LogP contribution is -2.26. The number of nitrogen functional groups attached to an aromatic ring is 1. The second-order valence-corrected chi connectivity index (χ2v) is 6.22. The van der Waals surface area contributed by atoms with E-state index < -0.39 is 10.0 Å². The van der Waals surface area contributed by atoms with Crippen LogP contribution in [0, 0.1) is 6.92 Å². The quantitative estimate of drug-likeness (QED) is 0.848. The number of hydrogen-bond donors (Lipinski definition) is 2. The van der Waals surface area contributed by atoms with Crippen molar-refractivity contribution in [3.8, 4) is 0 Å². The number of ether oxygens (including phenoxy) is 1. The van der Waals surface area contributed by atoms with E-state index in [1.165, 1.54) is 6.20 Å². The monoisotopic (exact) mass is 271 g/mol. The minimum absolute atomic E-state index is 0.0293. The molecule has 0 aliphatic carbocycles. The summed E-state index contributed by atoms with van der Waals surface area (Å²) >= 11 is 0. The van der Waals surface area contributed by atoms with Crippen LogP contribution in [-0.2, 0) is 14.8 Å². The molecule has 100 valence electrons. The van der Waals surface area contributed by atoms with Gasteiger partial charge in [0.05, 0.1) is 23.7 Å². The molecule has 2 rings (SSSR count). The van der Waals surface area contributed by atoms with Crippen LogP contribution in [0.3, 0.4) is 0 Å². The smallest absolute Gasteiger partial charge is 0.236 e. The van der Waals surface area contributed by atoms with Crippen molar-refractivity contribution >= 4 is 21.5 Å². The molecule has 1 fully saturated rings. The summed E-state index contributed by atoms with van der Waals surface area (Å²) in [5.74, 6) is 0.292.